The van der Waals surface area contributed by atoms with E-state index in [1.807, 2.05) is 6.08 Å². The third-order valence-electron chi connectivity index (χ3n) is 8.20. The fourth-order valence-electron chi connectivity index (χ4n) is 5.80. The van der Waals surface area contributed by atoms with Crippen molar-refractivity contribution in [2.24, 2.45) is 11.8 Å². The molecule has 244 valence electrons. The van der Waals surface area contributed by atoms with Gasteiger partial charge < -0.3 is 59.6 Å². The maximum atomic E-state index is 12.9. The molecule has 3 heterocycles. The second-order valence-electron chi connectivity index (χ2n) is 11.3. The first-order valence-corrected chi connectivity index (χ1v) is 14.5. The van der Waals surface area contributed by atoms with Gasteiger partial charge in [-0.1, -0.05) is 30.2 Å². The summed E-state index contributed by atoms with van der Waals surface area (Å²) in [5.41, 5.74) is 1.82. The molecule has 1 aliphatic carbocycles. The van der Waals surface area contributed by atoms with Gasteiger partial charge in [0.2, 0.25) is 12.1 Å². The van der Waals surface area contributed by atoms with Gasteiger partial charge in [0.1, 0.15) is 12.2 Å². The zero-order valence-corrected chi connectivity index (χ0v) is 24.4. The van der Waals surface area contributed by atoms with Crippen molar-refractivity contribution in [3.63, 3.8) is 0 Å². The van der Waals surface area contributed by atoms with Crippen LogP contribution < -0.4 is 0 Å². The molecule has 3 aliphatic heterocycles. The van der Waals surface area contributed by atoms with Crippen LogP contribution in [-0.2, 0) is 28.5 Å². The summed E-state index contributed by atoms with van der Waals surface area (Å²) in [4.78, 5) is 26.3. The number of carbonyl (C=O) groups is 2. The van der Waals surface area contributed by atoms with Crippen LogP contribution in [0.25, 0.3) is 0 Å². The Labute approximate surface area is 254 Å². The topological polar surface area (TPSA) is 216 Å². The molecule has 7 N–H and O–H groups in total. The molecule has 0 unspecified atom stereocenters. The van der Waals surface area contributed by atoms with Gasteiger partial charge in [0, 0.05) is 25.2 Å². The first-order valence-electron chi connectivity index (χ1n) is 14.5. The Morgan fingerprint density at radius 2 is 1.84 bits per heavy atom. The van der Waals surface area contributed by atoms with Gasteiger partial charge in [0.15, 0.2) is 12.4 Å². The number of aliphatic hydroxyl groups is 6. The van der Waals surface area contributed by atoms with Crippen molar-refractivity contribution in [1.29, 1.82) is 0 Å². The summed E-state index contributed by atoms with van der Waals surface area (Å²) in [5, 5.41) is 70.1. The number of β-amino-alcohol motifs (C(OH)–C–C–N with tert-alkyl or cyclic N) is 1. The number of aliphatic hydroxyl groups excluding tert-OH is 4. The molecular formula is C30H41NO13. The van der Waals surface area contributed by atoms with Gasteiger partial charge in [-0.05, 0) is 37.3 Å². The highest BCUT2D eigenvalue weighted by Gasteiger charge is 2.56. The molecule has 14 nitrogen and oxygen atoms in total. The molecule has 1 saturated carbocycles. The van der Waals surface area contributed by atoms with Gasteiger partial charge in [0.25, 0.3) is 0 Å². The largest absolute Gasteiger partial charge is 0.478 e. The predicted molar refractivity (Wildman–Crippen MR) is 151 cm³/mol. The van der Waals surface area contributed by atoms with E-state index in [9.17, 15) is 45.3 Å². The Hall–Kier alpha value is -3.08. The SMILES string of the molecule is COC(=O)C1=CO[C@@H](O[C@@H]2O[C@H](CO)[C@@H](O)C(O)(O)[C@H]2O)[C@H](C=C2CCCCC2)[C@@H]1/C=C/C1=CC(C(=O)O)=CN(CCO)C1. The summed E-state index contributed by atoms with van der Waals surface area (Å²) in [7, 11) is 1.22. The second-order valence-corrected chi connectivity index (χ2v) is 11.3. The number of nitrogens with zero attached hydrogens (tertiary/aromatic N) is 1. The number of carbonyl (C=O) groups excluding carboxylic acids is 1. The van der Waals surface area contributed by atoms with Gasteiger partial charge in [-0.25, -0.2) is 9.59 Å². The van der Waals surface area contributed by atoms with Crippen LogP contribution in [0.4, 0.5) is 0 Å². The number of rotatable bonds is 10. The number of allylic oxidation sites excluding steroid dienone is 2. The van der Waals surface area contributed by atoms with Crippen molar-refractivity contribution in [2.45, 2.75) is 68.8 Å². The van der Waals surface area contributed by atoms with Gasteiger partial charge in [-0.15, -0.1) is 0 Å². The van der Waals surface area contributed by atoms with Crippen molar-refractivity contribution < 1.29 is 64.3 Å². The van der Waals surface area contributed by atoms with E-state index < -0.39 is 67.1 Å². The van der Waals surface area contributed by atoms with Crippen LogP contribution in [0.3, 0.4) is 0 Å². The quantitative estimate of drug-likeness (QED) is 0.0921. The Bertz CT molecular complexity index is 1200. The normalized spacial score (nSPS) is 32.3. The molecule has 0 aromatic heterocycles. The van der Waals surface area contributed by atoms with Gasteiger partial charge in [-0.3, -0.25) is 0 Å². The fraction of sp³-hybridized carbons (Fsp3) is 0.600. The van der Waals surface area contributed by atoms with Crippen LogP contribution >= 0.6 is 0 Å². The average Bonchev–Trinajstić information content (AvgIpc) is 3.01. The van der Waals surface area contributed by atoms with E-state index in [2.05, 4.69) is 0 Å². The summed E-state index contributed by atoms with van der Waals surface area (Å²) < 4.78 is 22.3. The molecule has 0 bridgehead atoms. The van der Waals surface area contributed by atoms with E-state index in [1.54, 1.807) is 17.1 Å². The summed E-state index contributed by atoms with van der Waals surface area (Å²) in [5.74, 6) is -6.40. The van der Waals surface area contributed by atoms with Crippen LogP contribution in [0.5, 0.6) is 0 Å². The Morgan fingerprint density at radius 1 is 1.11 bits per heavy atom. The zero-order valence-electron chi connectivity index (χ0n) is 24.4. The van der Waals surface area contributed by atoms with Crippen molar-refractivity contribution in [3.05, 3.63) is 59.1 Å². The maximum absolute atomic E-state index is 12.9. The third kappa shape index (κ3) is 7.58. The van der Waals surface area contributed by atoms with Gasteiger partial charge in [0.05, 0.1) is 43.6 Å². The van der Waals surface area contributed by atoms with E-state index in [1.165, 1.54) is 19.4 Å². The van der Waals surface area contributed by atoms with Crippen molar-refractivity contribution in [1.82, 2.24) is 4.90 Å². The average molecular weight is 624 g/mol. The van der Waals surface area contributed by atoms with Gasteiger partial charge in [-0.2, -0.15) is 0 Å². The zero-order chi connectivity index (χ0) is 32.0. The lowest BCUT2D eigenvalue weighted by Crippen LogP contribution is -2.68. The third-order valence-corrected chi connectivity index (χ3v) is 8.20. The number of ether oxygens (including phenoxy) is 4. The number of aliphatic carboxylic acids is 1. The molecule has 44 heavy (non-hydrogen) atoms. The lowest BCUT2D eigenvalue weighted by atomic mass is 9.80. The molecule has 0 radical (unpaired) electrons. The lowest BCUT2D eigenvalue weighted by Gasteiger charge is -2.46. The minimum absolute atomic E-state index is 0.0164. The monoisotopic (exact) mass is 623 g/mol. The van der Waals surface area contributed by atoms with E-state index in [-0.39, 0.29) is 24.3 Å². The first-order chi connectivity index (χ1) is 21.0. The van der Waals surface area contributed by atoms with Crippen LogP contribution in [0.1, 0.15) is 32.1 Å². The Kier molecular flexibility index (Phi) is 11.4. The molecule has 0 aromatic carbocycles. The molecule has 0 aromatic rings. The van der Waals surface area contributed by atoms with Crippen LogP contribution in [0, 0.1) is 11.8 Å². The second kappa shape index (κ2) is 14.8. The van der Waals surface area contributed by atoms with E-state index in [0.717, 1.165) is 43.9 Å². The molecule has 4 aliphatic rings. The summed E-state index contributed by atoms with van der Waals surface area (Å²) in [6.45, 7) is -0.483. The molecule has 2 fully saturated rings. The molecule has 7 atom stereocenters. The number of methoxy groups -OCH3 is 1. The lowest BCUT2D eigenvalue weighted by molar-refractivity contribution is -0.404. The highest BCUT2D eigenvalue weighted by atomic mass is 16.8. The molecule has 0 amide bonds. The number of carboxylic acid groups (broad SMARTS) is 1. The summed E-state index contributed by atoms with van der Waals surface area (Å²) in [6.07, 6.45) is 5.26. The van der Waals surface area contributed by atoms with E-state index >= 15 is 0 Å². The fourth-order valence-corrected chi connectivity index (χ4v) is 5.80. The highest BCUT2D eigenvalue weighted by molar-refractivity contribution is 5.90. The molecular weight excluding hydrogens is 582 g/mol. The number of hydrogen-bond acceptors (Lipinski definition) is 13. The highest BCUT2D eigenvalue weighted by Crippen LogP contribution is 2.39. The molecule has 1 saturated heterocycles. The minimum atomic E-state index is -3.07. The van der Waals surface area contributed by atoms with E-state index in [4.69, 9.17) is 18.9 Å². The standard InChI is InChI=1S/C30H41NO13/c1-41-27(38)22-16-42-28(44-29-25(35)30(39,40)24(34)23(15-33)43-29)21(12-17-5-3-2-4-6-17)20(22)8-7-18-11-19(26(36)37)14-31(13-18)9-10-32/h7-8,11-12,14,16,20-21,23-25,28-29,32-35,39-40H,2-6,9-10,13,15H2,1H3,(H,36,37)/b8-7+/t20-,21+,23+,24+,25-,28-,29-/m0/s1. The summed E-state index contributed by atoms with van der Waals surface area (Å²) in [6, 6.07) is 0. The predicted octanol–water partition coefficient (Wildman–Crippen LogP) is -0.582. The number of esters is 1. The molecule has 14 heteroatoms. The van der Waals surface area contributed by atoms with Gasteiger partial charge >= 0.3 is 11.9 Å². The number of hydrogen-bond donors (Lipinski definition) is 7. The summed E-state index contributed by atoms with van der Waals surface area (Å²) >= 11 is 0. The first kappa shape index (κ1) is 33.8. The van der Waals surface area contributed by atoms with Crippen molar-refractivity contribution in [2.75, 3.05) is 33.4 Å². The molecule has 0 spiro atoms. The number of carboxylic acids is 1. The van der Waals surface area contributed by atoms with Crippen molar-refractivity contribution in [3.8, 4) is 0 Å². The van der Waals surface area contributed by atoms with E-state index in [0.29, 0.717) is 12.1 Å². The van der Waals surface area contributed by atoms with Crippen LogP contribution in [-0.4, -0.2) is 123 Å². The molecule has 4 rings (SSSR count). The van der Waals surface area contributed by atoms with Crippen molar-refractivity contribution >= 4 is 11.9 Å². The Morgan fingerprint density at radius 3 is 2.48 bits per heavy atom. The minimum Gasteiger partial charge on any atom is -0.478 e. The van der Waals surface area contributed by atoms with Crippen LogP contribution in [0.15, 0.2) is 59.1 Å². The smallest absolute Gasteiger partial charge is 0.337 e. The maximum Gasteiger partial charge on any atom is 0.337 e. The Balaban J connectivity index is 1.72. The van der Waals surface area contributed by atoms with Crippen LogP contribution in [0.2, 0.25) is 0 Å².